The molecule has 2 heterocycles. The third-order valence-corrected chi connectivity index (χ3v) is 6.41. The van der Waals surface area contributed by atoms with E-state index in [1.54, 1.807) is 7.11 Å². The van der Waals surface area contributed by atoms with Gasteiger partial charge in [-0.2, -0.15) is 0 Å². The van der Waals surface area contributed by atoms with E-state index in [1.807, 2.05) is 43.3 Å². The van der Waals surface area contributed by atoms with E-state index in [0.29, 0.717) is 15.1 Å². The third-order valence-electron chi connectivity index (χ3n) is 5.09. The van der Waals surface area contributed by atoms with Crippen LogP contribution in [0.15, 0.2) is 46.3 Å². The normalized spacial score (nSPS) is 19.3. The maximum atomic E-state index is 12.5. The fourth-order valence-electron chi connectivity index (χ4n) is 3.44. The van der Waals surface area contributed by atoms with Gasteiger partial charge in [-0.25, -0.2) is 4.99 Å². The minimum Gasteiger partial charge on any atom is -0.496 e. The largest absolute Gasteiger partial charge is 0.496 e. The summed E-state index contributed by atoms with van der Waals surface area (Å²) in [4.78, 5) is 19.9. The Balaban J connectivity index is 1.59. The molecule has 2 fully saturated rings. The van der Waals surface area contributed by atoms with Crippen molar-refractivity contribution in [2.24, 2.45) is 4.99 Å². The predicted molar refractivity (Wildman–Crippen MR) is 121 cm³/mol. The summed E-state index contributed by atoms with van der Waals surface area (Å²) in [5, 5.41) is 4.02. The zero-order valence-electron chi connectivity index (χ0n) is 16.4. The third kappa shape index (κ3) is 4.28. The summed E-state index contributed by atoms with van der Waals surface area (Å²) in [7, 11) is 1.65. The number of hydrogen-bond acceptors (Lipinski definition) is 5. The highest BCUT2D eigenvalue weighted by molar-refractivity contribution is 8.18. The first-order valence-corrected chi connectivity index (χ1v) is 10.7. The zero-order valence-corrected chi connectivity index (χ0v) is 17.9. The van der Waals surface area contributed by atoms with Crippen molar-refractivity contribution >= 4 is 51.9 Å². The Bertz CT molecular complexity index is 1010. The Kier molecular flexibility index (Phi) is 5.83. The van der Waals surface area contributed by atoms with Gasteiger partial charge in [-0.1, -0.05) is 17.7 Å². The van der Waals surface area contributed by atoms with Crippen LogP contribution in [0.2, 0.25) is 5.02 Å². The fourth-order valence-corrected chi connectivity index (χ4v) is 4.43. The van der Waals surface area contributed by atoms with Crippen LogP contribution < -0.4 is 15.0 Å². The summed E-state index contributed by atoms with van der Waals surface area (Å²) in [5.41, 5.74) is 3.65. The molecule has 0 aromatic heterocycles. The van der Waals surface area contributed by atoms with Gasteiger partial charge in [0.1, 0.15) is 5.75 Å². The maximum absolute atomic E-state index is 12.5. The highest BCUT2D eigenvalue weighted by Gasteiger charge is 2.25. The number of carbonyl (C=O) groups excluding carboxylic acids is 1. The van der Waals surface area contributed by atoms with Crippen LogP contribution in [0, 0.1) is 6.92 Å². The van der Waals surface area contributed by atoms with Crippen LogP contribution in [0.4, 0.5) is 11.4 Å². The molecule has 0 unspecified atom stereocenters. The van der Waals surface area contributed by atoms with Crippen molar-refractivity contribution in [3.8, 4) is 5.75 Å². The first-order chi connectivity index (χ1) is 14.0. The summed E-state index contributed by atoms with van der Waals surface area (Å²) in [5.74, 6) is 0.588. The Hall–Kier alpha value is -2.44. The number of thioether (sulfide) groups is 1. The number of amides is 1. The van der Waals surface area contributed by atoms with Crippen molar-refractivity contribution in [1.29, 1.82) is 0 Å². The average molecular weight is 428 g/mol. The van der Waals surface area contributed by atoms with Crippen LogP contribution in [-0.2, 0) is 4.79 Å². The van der Waals surface area contributed by atoms with E-state index in [1.165, 1.54) is 24.6 Å². The quantitative estimate of drug-likeness (QED) is 0.685. The average Bonchev–Trinajstić information content (AvgIpc) is 3.36. The summed E-state index contributed by atoms with van der Waals surface area (Å²) in [6, 6.07) is 11.7. The molecule has 0 bridgehead atoms. The Morgan fingerprint density at radius 1 is 1.24 bits per heavy atom. The van der Waals surface area contributed by atoms with Gasteiger partial charge >= 0.3 is 0 Å². The molecule has 150 valence electrons. The highest BCUT2D eigenvalue weighted by atomic mass is 35.5. The zero-order chi connectivity index (χ0) is 20.4. The van der Waals surface area contributed by atoms with Crippen molar-refractivity contribution in [1.82, 2.24) is 5.32 Å². The van der Waals surface area contributed by atoms with Gasteiger partial charge in [-0.3, -0.25) is 4.79 Å². The molecule has 2 aromatic carbocycles. The molecular weight excluding hydrogens is 406 g/mol. The molecule has 2 aromatic rings. The van der Waals surface area contributed by atoms with E-state index >= 15 is 0 Å². The van der Waals surface area contributed by atoms with Crippen LogP contribution in [0.3, 0.4) is 0 Å². The van der Waals surface area contributed by atoms with Gasteiger partial charge in [-0.05, 0) is 67.4 Å². The van der Waals surface area contributed by atoms with Crippen LogP contribution in [0.25, 0.3) is 6.08 Å². The van der Waals surface area contributed by atoms with Crippen LogP contribution >= 0.6 is 23.4 Å². The van der Waals surface area contributed by atoms with Crippen molar-refractivity contribution in [3.05, 3.63) is 57.5 Å². The second-order valence-electron chi connectivity index (χ2n) is 6.99. The van der Waals surface area contributed by atoms with Gasteiger partial charge in [0.2, 0.25) is 0 Å². The van der Waals surface area contributed by atoms with Crippen molar-refractivity contribution in [2.45, 2.75) is 19.8 Å². The molecule has 0 aliphatic carbocycles. The van der Waals surface area contributed by atoms with E-state index < -0.39 is 0 Å². The summed E-state index contributed by atoms with van der Waals surface area (Å²) >= 11 is 7.48. The second-order valence-corrected chi connectivity index (χ2v) is 8.42. The first kappa shape index (κ1) is 19.9. The molecule has 29 heavy (non-hydrogen) atoms. The number of hydrogen-bond donors (Lipinski definition) is 1. The summed E-state index contributed by atoms with van der Waals surface area (Å²) < 4.78 is 5.59. The minimum atomic E-state index is -0.167. The van der Waals surface area contributed by atoms with E-state index in [2.05, 4.69) is 21.3 Å². The number of halogens is 1. The highest BCUT2D eigenvalue weighted by Crippen LogP contribution is 2.34. The first-order valence-electron chi connectivity index (χ1n) is 9.53. The lowest BCUT2D eigenvalue weighted by atomic mass is 10.1. The predicted octanol–water partition coefficient (Wildman–Crippen LogP) is 5.15. The number of nitrogens with one attached hydrogen (secondary N) is 1. The monoisotopic (exact) mass is 427 g/mol. The van der Waals surface area contributed by atoms with Crippen LogP contribution in [0.1, 0.15) is 24.0 Å². The lowest BCUT2D eigenvalue weighted by Crippen LogP contribution is -2.19. The number of methoxy groups -OCH3 is 1. The Labute approximate surface area is 179 Å². The number of aliphatic imine (C=N–C) groups is 1. The van der Waals surface area contributed by atoms with Gasteiger partial charge in [0, 0.05) is 35.4 Å². The number of ether oxygens (including phenoxy) is 1. The summed E-state index contributed by atoms with van der Waals surface area (Å²) in [6.07, 6.45) is 4.29. The van der Waals surface area contributed by atoms with Crippen molar-refractivity contribution < 1.29 is 9.53 Å². The Morgan fingerprint density at radius 3 is 2.79 bits per heavy atom. The van der Waals surface area contributed by atoms with E-state index in [-0.39, 0.29) is 5.91 Å². The molecule has 2 aliphatic heterocycles. The smallest absolute Gasteiger partial charge is 0.264 e. The van der Waals surface area contributed by atoms with Crippen molar-refractivity contribution in [3.63, 3.8) is 0 Å². The van der Waals surface area contributed by atoms with Gasteiger partial charge < -0.3 is 15.0 Å². The van der Waals surface area contributed by atoms with Crippen LogP contribution in [0.5, 0.6) is 5.75 Å². The number of nitrogens with zero attached hydrogens (tertiary/aromatic N) is 2. The molecule has 0 atom stereocenters. The maximum Gasteiger partial charge on any atom is 0.264 e. The fraction of sp³-hybridized carbons (Fsp3) is 0.273. The minimum absolute atomic E-state index is 0.167. The molecule has 1 amide bonds. The molecule has 5 nitrogen and oxygen atoms in total. The Morgan fingerprint density at radius 2 is 2.03 bits per heavy atom. The number of benzene rings is 2. The van der Waals surface area contributed by atoms with Gasteiger partial charge in [0.15, 0.2) is 5.17 Å². The molecule has 2 aliphatic rings. The molecule has 1 N–H and O–H groups in total. The van der Waals surface area contributed by atoms with Gasteiger partial charge in [0.25, 0.3) is 5.91 Å². The lowest BCUT2D eigenvalue weighted by molar-refractivity contribution is -0.115. The van der Waals surface area contributed by atoms with Gasteiger partial charge in [-0.15, -0.1) is 0 Å². The number of carbonyl (C=O) groups is 1. The molecular formula is C22H22ClN3O2S. The SMILES string of the molecule is COc1cc(N2CCCC2)ccc1/C=C1/SC(=Nc2cccc(Cl)c2C)NC1=O. The molecule has 0 spiro atoms. The molecule has 2 saturated heterocycles. The van der Waals surface area contributed by atoms with Crippen LogP contribution in [-0.4, -0.2) is 31.3 Å². The number of rotatable bonds is 4. The second kappa shape index (κ2) is 8.51. The summed E-state index contributed by atoms with van der Waals surface area (Å²) in [6.45, 7) is 4.06. The van der Waals surface area contributed by atoms with E-state index in [9.17, 15) is 4.79 Å². The van der Waals surface area contributed by atoms with Crippen molar-refractivity contribution in [2.75, 3.05) is 25.1 Å². The standard InChI is InChI=1S/C22H22ClN3O2S/c1-14-17(23)6-5-7-18(14)24-22-25-21(27)20(29-22)12-15-8-9-16(13-19(15)28-2)26-10-3-4-11-26/h5-9,12-13H,3-4,10-11H2,1-2H3,(H,24,25,27)/b20-12+. The molecule has 7 heteroatoms. The molecule has 0 saturated carbocycles. The van der Waals surface area contributed by atoms with E-state index in [4.69, 9.17) is 16.3 Å². The molecule has 0 radical (unpaired) electrons. The van der Waals surface area contributed by atoms with Gasteiger partial charge in [0.05, 0.1) is 17.7 Å². The number of amidine groups is 1. The number of anilines is 1. The van der Waals surface area contributed by atoms with E-state index in [0.717, 1.165) is 41.3 Å². The topological polar surface area (TPSA) is 53.9 Å². The lowest BCUT2D eigenvalue weighted by Gasteiger charge is -2.19. The molecule has 4 rings (SSSR count).